The maximum absolute atomic E-state index is 5.50. The molecular weight excluding hydrogens is 326 g/mol. The molecule has 1 fully saturated rings. The number of hydrogen-bond donors (Lipinski definition) is 2. The smallest absolute Gasteiger partial charge is 0.191 e. The summed E-state index contributed by atoms with van der Waals surface area (Å²) < 4.78 is 5.50. The molecule has 26 heavy (non-hydrogen) atoms. The second-order valence-electron chi connectivity index (χ2n) is 6.97. The zero-order valence-corrected chi connectivity index (χ0v) is 17.0. The Kier molecular flexibility index (Phi) is 8.04. The van der Waals surface area contributed by atoms with Gasteiger partial charge in [0.2, 0.25) is 0 Å². The van der Waals surface area contributed by atoms with Crippen LogP contribution in [0.1, 0.15) is 27.2 Å². The molecule has 0 aromatic heterocycles. The number of aliphatic imine (C=N–C) groups is 1. The number of hydrogen-bond acceptors (Lipinski definition) is 4. The highest BCUT2D eigenvalue weighted by molar-refractivity contribution is 5.80. The molecular formula is C20H35N5O. The molecule has 0 aliphatic carbocycles. The van der Waals surface area contributed by atoms with E-state index in [0.717, 1.165) is 56.5 Å². The molecule has 1 heterocycles. The number of likely N-dealkylation sites (N-methyl/N-ethyl adjacent to an activating group) is 1. The van der Waals surface area contributed by atoms with Gasteiger partial charge in [0.15, 0.2) is 5.96 Å². The topological polar surface area (TPSA) is 52.1 Å². The van der Waals surface area contributed by atoms with Crippen molar-refractivity contribution in [1.82, 2.24) is 15.5 Å². The second-order valence-corrected chi connectivity index (χ2v) is 6.97. The Morgan fingerprint density at radius 1 is 1.38 bits per heavy atom. The van der Waals surface area contributed by atoms with Crippen molar-refractivity contribution >= 4 is 11.6 Å². The third-order valence-corrected chi connectivity index (χ3v) is 5.01. The van der Waals surface area contributed by atoms with Crippen molar-refractivity contribution in [3.63, 3.8) is 0 Å². The molecule has 146 valence electrons. The summed E-state index contributed by atoms with van der Waals surface area (Å²) in [5.41, 5.74) is 1.16. The molecule has 1 atom stereocenters. The van der Waals surface area contributed by atoms with Gasteiger partial charge in [0.05, 0.1) is 12.8 Å². The first-order valence-electron chi connectivity index (χ1n) is 9.68. The molecule has 1 saturated heterocycles. The van der Waals surface area contributed by atoms with E-state index in [1.165, 1.54) is 0 Å². The van der Waals surface area contributed by atoms with E-state index < -0.39 is 0 Å². The van der Waals surface area contributed by atoms with Gasteiger partial charge in [-0.2, -0.15) is 0 Å². The summed E-state index contributed by atoms with van der Waals surface area (Å²) in [6, 6.07) is 9.17. The lowest BCUT2D eigenvalue weighted by atomic mass is 10.2. The van der Waals surface area contributed by atoms with Gasteiger partial charge in [-0.1, -0.05) is 19.1 Å². The maximum Gasteiger partial charge on any atom is 0.191 e. The van der Waals surface area contributed by atoms with Crippen LogP contribution in [0.2, 0.25) is 0 Å². The molecule has 1 unspecified atom stereocenters. The van der Waals surface area contributed by atoms with Gasteiger partial charge in [-0.05, 0) is 38.9 Å². The van der Waals surface area contributed by atoms with Gasteiger partial charge in [0, 0.05) is 45.3 Å². The highest BCUT2D eigenvalue weighted by atomic mass is 16.5. The van der Waals surface area contributed by atoms with E-state index in [1.807, 2.05) is 19.2 Å². The van der Waals surface area contributed by atoms with Crippen LogP contribution in [0, 0.1) is 0 Å². The van der Waals surface area contributed by atoms with Gasteiger partial charge in [0.25, 0.3) is 0 Å². The lowest BCUT2D eigenvalue weighted by molar-refractivity contribution is 0.237. The first-order chi connectivity index (χ1) is 12.6. The summed E-state index contributed by atoms with van der Waals surface area (Å²) >= 11 is 0. The first-order valence-corrected chi connectivity index (χ1v) is 9.68. The van der Waals surface area contributed by atoms with E-state index >= 15 is 0 Å². The molecule has 2 rings (SSSR count). The fraction of sp³-hybridized carbons (Fsp3) is 0.650. The highest BCUT2D eigenvalue weighted by Crippen LogP contribution is 2.30. The van der Waals surface area contributed by atoms with E-state index in [0.29, 0.717) is 12.1 Å². The van der Waals surface area contributed by atoms with E-state index in [2.05, 4.69) is 58.3 Å². The number of nitrogens with zero attached hydrogens (tertiary/aromatic N) is 3. The van der Waals surface area contributed by atoms with Crippen molar-refractivity contribution in [1.29, 1.82) is 0 Å². The third-order valence-electron chi connectivity index (χ3n) is 5.01. The normalized spacial score (nSPS) is 17.9. The lowest BCUT2D eigenvalue weighted by Gasteiger charge is -2.25. The van der Waals surface area contributed by atoms with Gasteiger partial charge in [-0.25, -0.2) is 0 Å². The van der Waals surface area contributed by atoms with Crippen molar-refractivity contribution in [3.8, 4) is 5.75 Å². The molecule has 2 N–H and O–H groups in total. The number of anilines is 1. The highest BCUT2D eigenvalue weighted by Gasteiger charge is 2.25. The summed E-state index contributed by atoms with van der Waals surface area (Å²) in [7, 11) is 3.56. The fourth-order valence-electron chi connectivity index (χ4n) is 3.48. The van der Waals surface area contributed by atoms with Crippen LogP contribution in [0.25, 0.3) is 0 Å². The number of para-hydroxylation sites is 2. The number of rotatable bonds is 8. The van der Waals surface area contributed by atoms with Crippen molar-refractivity contribution in [3.05, 3.63) is 24.3 Å². The predicted molar refractivity (Wildman–Crippen MR) is 110 cm³/mol. The number of benzene rings is 1. The largest absolute Gasteiger partial charge is 0.495 e. The van der Waals surface area contributed by atoms with Crippen LogP contribution in [0.4, 0.5) is 5.69 Å². The molecule has 0 bridgehead atoms. The SMILES string of the molecule is CCN(CCNC(=NC)NC1CCN(c2ccccc2OC)C1)C(C)C. The van der Waals surface area contributed by atoms with Gasteiger partial charge in [-0.3, -0.25) is 9.89 Å². The van der Waals surface area contributed by atoms with Crippen LogP contribution < -0.4 is 20.3 Å². The molecule has 0 saturated carbocycles. The standard InChI is InChI=1S/C20H35N5O/c1-6-24(16(2)3)14-12-22-20(21-4)23-17-11-13-25(15-17)18-9-7-8-10-19(18)26-5/h7-10,16-17H,6,11-15H2,1-5H3,(H2,21,22,23). The van der Waals surface area contributed by atoms with E-state index in [1.54, 1.807) is 7.11 Å². The zero-order valence-electron chi connectivity index (χ0n) is 17.0. The van der Waals surface area contributed by atoms with Crippen molar-refractivity contribution in [2.24, 2.45) is 4.99 Å². The van der Waals surface area contributed by atoms with Crippen LogP contribution in [-0.4, -0.2) is 69.8 Å². The average Bonchev–Trinajstić information content (AvgIpc) is 3.12. The summed E-state index contributed by atoms with van der Waals surface area (Å²) in [5.74, 6) is 1.82. The first kappa shape index (κ1) is 20.4. The van der Waals surface area contributed by atoms with Gasteiger partial charge >= 0.3 is 0 Å². The Labute approximate surface area is 158 Å². The van der Waals surface area contributed by atoms with Crippen molar-refractivity contribution in [2.75, 3.05) is 51.8 Å². The third kappa shape index (κ3) is 5.53. The number of guanidine groups is 1. The molecule has 0 amide bonds. The van der Waals surface area contributed by atoms with Crippen molar-refractivity contribution < 1.29 is 4.74 Å². The van der Waals surface area contributed by atoms with Gasteiger partial charge in [0.1, 0.15) is 5.75 Å². The summed E-state index contributed by atoms with van der Waals surface area (Å²) in [6.07, 6.45) is 1.09. The monoisotopic (exact) mass is 361 g/mol. The minimum Gasteiger partial charge on any atom is -0.495 e. The van der Waals surface area contributed by atoms with Crippen LogP contribution in [0.15, 0.2) is 29.3 Å². The second kappa shape index (κ2) is 10.3. The lowest BCUT2D eigenvalue weighted by Crippen LogP contribution is -2.47. The molecule has 1 aliphatic heterocycles. The van der Waals surface area contributed by atoms with Crippen LogP contribution in [-0.2, 0) is 0 Å². The molecule has 6 heteroatoms. The maximum atomic E-state index is 5.50. The van der Waals surface area contributed by atoms with Gasteiger partial charge in [-0.15, -0.1) is 0 Å². The van der Waals surface area contributed by atoms with Crippen LogP contribution in [0.3, 0.4) is 0 Å². The van der Waals surface area contributed by atoms with E-state index in [9.17, 15) is 0 Å². The summed E-state index contributed by atoms with van der Waals surface area (Å²) in [5, 5.41) is 7.01. The number of ether oxygens (including phenoxy) is 1. The Morgan fingerprint density at radius 3 is 2.81 bits per heavy atom. The minimum absolute atomic E-state index is 0.387. The fourth-order valence-corrected chi connectivity index (χ4v) is 3.48. The number of nitrogens with one attached hydrogen (secondary N) is 2. The number of methoxy groups -OCH3 is 1. The average molecular weight is 362 g/mol. The molecule has 0 radical (unpaired) electrons. The van der Waals surface area contributed by atoms with Gasteiger partial charge < -0.3 is 20.3 Å². The predicted octanol–water partition coefficient (Wildman–Crippen LogP) is 2.17. The Hall–Kier alpha value is -1.95. The minimum atomic E-state index is 0.387. The Morgan fingerprint density at radius 2 is 2.15 bits per heavy atom. The van der Waals surface area contributed by atoms with Crippen LogP contribution >= 0.6 is 0 Å². The molecule has 1 aromatic rings. The molecule has 6 nitrogen and oxygen atoms in total. The molecule has 0 spiro atoms. The summed E-state index contributed by atoms with van der Waals surface area (Å²) in [4.78, 5) is 9.20. The zero-order chi connectivity index (χ0) is 18.9. The van der Waals surface area contributed by atoms with E-state index in [4.69, 9.17) is 4.74 Å². The summed E-state index contributed by atoms with van der Waals surface area (Å²) in [6.45, 7) is 11.6. The van der Waals surface area contributed by atoms with E-state index in [-0.39, 0.29) is 0 Å². The Balaban J connectivity index is 1.83. The Bertz CT molecular complexity index is 575. The molecule has 1 aromatic carbocycles. The molecule has 1 aliphatic rings. The van der Waals surface area contributed by atoms with Crippen LogP contribution in [0.5, 0.6) is 5.75 Å². The van der Waals surface area contributed by atoms with Crippen molar-refractivity contribution in [2.45, 2.75) is 39.3 Å². The quantitative estimate of drug-likeness (QED) is 0.549.